The zero-order valence-corrected chi connectivity index (χ0v) is 58.7. The number of phenolic OH excluding ortho intramolecular Hbond substituents is 2. The highest BCUT2D eigenvalue weighted by molar-refractivity contribution is 8.10. The summed E-state index contributed by atoms with van der Waals surface area (Å²) in [5.74, 6) is -6.17. The number of hydrogen-bond acceptors (Lipinski definition) is 25. The van der Waals surface area contributed by atoms with Crippen molar-refractivity contribution in [2.75, 3.05) is 39.3 Å². The van der Waals surface area contributed by atoms with Crippen LogP contribution < -0.4 is 66.8 Å². The van der Waals surface area contributed by atoms with E-state index in [0.29, 0.717) is 106 Å². The lowest BCUT2D eigenvalue weighted by molar-refractivity contribution is -0.262. The van der Waals surface area contributed by atoms with E-state index in [4.69, 9.17) is 95.2 Å². The van der Waals surface area contributed by atoms with Crippen molar-refractivity contribution >= 4 is 94.8 Å². The number of aromatic hydroxyl groups is 2. The maximum absolute atomic E-state index is 14.5. The molecule has 0 saturated heterocycles. The van der Waals surface area contributed by atoms with Gasteiger partial charge in [0.2, 0.25) is 0 Å². The molecule has 3 aliphatic rings. The third-order valence-electron chi connectivity index (χ3n) is 16.5. The van der Waals surface area contributed by atoms with Gasteiger partial charge in [0.25, 0.3) is 0 Å². The predicted molar refractivity (Wildman–Crippen MR) is 385 cm³/mol. The number of phenols is 2. The summed E-state index contributed by atoms with van der Waals surface area (Å²) in [4.78, 5) is 125. The molecule has 23 N–H and O–H groups in total. The Morgan fingerprint density at radius 3 is 1.05 bits per heavy atom. The molecule has 0 aromatic heterocycles. The van der Waals surface area contributed by atoms with Crippen molar-refractivity contribution in [1.29, 1.82) is 0 Å². The molecule has 3 aromatic carbocycles. The van der Waals surface area contributed by atoms with E-state index in [2.05, 4.69) is 34.7 Å². The number of carbonyl (C=O) groups excluding carboxylic acids is 7. The van der Waals surface area contributed by atoms with Crippen molar-refractivity contribution in [3.8, 4) is 23.0 Å². The standard InChI is InChI=1S/C68H99N17O17S/c69-63(70)79-32-13-1-7-22-49(88)96-56-57(97-50(89)23-8-2-14-33-80-64(71)72)59(99-52(91)25-10-4-16-35-82-66(75)76)61(60(100-53(92)26-11-5-17-36-83-67(77)78)58(56)98-51(90)24-9-3-15-34-81-65(73)74)101-54(93)27-12-6-18-37-85-103-40-84-46-21-19-20-45-55(46)62(94)102-68(45)43-30-28-41(86)38-47(43)95-48-39-42(87)29-31-44(48)68/h19-21,28-31,38-40,56-61,85-87H,1-18,22-27,32-37H2,(H4,69,70,79)(H4,71,72,80)(H4,73,74,81)(H4,75,76,82)(H4,77,78,83)/t56?,57-,58+,59+,60-,61?. The van der Waals surface area contributed by atoms with Crippen LogP contribution in [0.2, 0.25) is 0 Å². The highest BCUT2D eigenvalue weighted by Crippen LogP contribution is 2.58. The van der Waals surface area contributed by atoms with E-state index in [-0.39, 0.29) is 168 Å². The number of rotatable bonds is 45. The number of hydrogen-bond donors (Lipinski definition) is 13. The number of fused-ring (bicyclic) bond motifs is 6. The van der Waals surface area contributed by atoms with Crippen LogP contribution in [-0.4, -0.2) is 163 Å². The van der Waals surface area contributed by atoms with Gasteiger partial charge in [-0.25, -0.2) is 9.79 Å². The molecule has 6 rings (SSSR count). The van der Waals surface area contributed by atoms with Gasteiger partial charge in [0.05, 0.1) is 16.8 Å². The molecule has 1 fully saturated rings. The number of benzene rings is 3. The van der Waals surface area contributed by atoms with Crippen LogP contribution in [0.25, 0.3) is 0 Å². The lowest BCUT2D eigenvalue weighted by Gasteiger charge is -2.47. The minimum Gasteiger partial charge on any atom is -0.508 e. The normalized spacial score (nSPS) is 17.3. The van der Waals surface area contributed by atoms with Gasteiger partial charge < -0.3 is 105 Å². The van der Waals surface area contributed by atoms with Gasteiger partial charge >= 0.3 is 41.8 Å². The Balaban J connectivity index is 1.27. The third-order valence-corrected chi connectivity index (χ3v) is 17.1. The van der Waals surface area contributed by atoms with Crippen LogP contribution in [0.4, 0.5) is 5.69 Å². The molecule has 2 unspecified atom stereocenters. The zero-order valence-electron chi connectivity index (χ0n) is 57.8. The fourth-order valence-corrected chi connectivity index (χ4v) is 12.2. The fourth-order valence-electron chi connectivity index (χ4n) is 11.7. The molecule has 3 aromatic rings. The van der Waals surface area contributed by atoms with Crippen molar-refractivity contribution in [3.05, 3.63) is 76.9 Å². The minimum atomic E-state index is -1.88. The van der Waals surface area contributed by atoms with Gasteiger partial charge in [0, 0.05) is 107 Å². The lowest BCUT2D eigenvalue weighted by Crippen LogP contribution is -2.69. The summed E-state index contributed by atoms with van der Waals surface area (Å²) in [7, 11) is 0. The van der Waals surface area contributed by atoms with Crippen LogP contribution >= 0.6 is 11.9 Å². The molecule has 2 aliphatic heterocycles. The van der Waals surface area contributed by atoms with Gasteiger partial charge in [-0.1, -0.05) is 50.7 Å². The predicted octanol–water partition coefficient (Wildman–Crippen LogP) is 3.78. The second kappa shape index (κ2) is 42.8. The van der Waals surface area contributed by atoms with Crippen molar-refractivity contribution in [2.24, 2.45) is 87.3 Å². The molecule has 34 nitrogen and oxygen atoms in total. The van der Waals surface area contributed by atoms with E-state index in [0.717, 1.165) is 11.9 Å². The topological polar surface area (TPSA) is 580 Å². The number of nitrogens with one attached hydrogen (secondary N) is 1. The molecule has 0 radical (unpaired) electrons. The zero-order chi connectivity index (χ0) is 74.7. The SMILES string of the molecule is NC(N)=NCCCCCC(=O)OC1[C@@H](OC(=O)CCCCCN=C(N)N)[C@H](OC(=O)CCCCCN=C(N)N)C(OC(=O)CCCCCNSC=Nc2cccc3c2C(=O)OC32c3ccc(O)cc3Oc3cc(O)ccc32)[C@H](OC(=O)CCCCCN=C(N)N)[C@H]1OC(=O)CCCCCN=C(N)N. The Morgan fingerprint density at radius 2 is 0.738 bits per heavy atom. The van der Waals surface area contributed by atoms with E-state index in [1.54, 1.807) is 30.3 Å². The summed E-state index contributed by atoms with van der Waals surface area (Å²) in [6, 6.07) is 14.1. The van der Waals surface area contributed by atoms with Gasteiger partial charge in [-0.15, -0.1) is 0 Å². The monoisotopic (exact) mass is 1460 g/mol. The number of carbonyl (C=O) groups is 7. The summed E-state index contributed by atoms with van der Waals surface area (Å²) < 4.78 is 53.1. The molecule has 103 heavy (non-hydrogen) atoms. The summed E-state index contributed by atoms with van der Waals surface area (Å²) >= 11 is 1.14. The highest BCUT2D eigenvalue weighted by atomic mass is 32.2. The maximum atomic E-state index is 14.5. The Kier molecular flexibility index (Phi) is 33.9. The molecule has 1 aliphatic carbocycles. The van der Waals surface area contributed by atoms with Crippen molar-refractivity contribution in [3.63, 3.8) is 0 Å². The molecule has 6 atom stereocenters. The smallest absolute Gasteiger partial charge is 0.342 e. The number of nitrogens with two attached hydrogens (primary N) is 10. The number of guanidine groups is 5. The highest BCUT2D eigenvalue weighted by Gasteiger charge is 2.61. The van der Waals surface area contributed by atoms with Gasteiger partial charge in [-0.05, 0) is 119 Å². The molecular formula is C68H99N17O17S. The lowest BCUT2D eigenvalue weighted by atomic mass is 9.77. The third kappa shape index (κ3) is 26.9. The average molecular weight is 1460 g/mol. The van der Waals surface area contributed by atoms with Crippen LogP contribution in [0.3, 0.4) is 0 Å². The van der Waals surface area contributed by atoms with E-state index in [1.165, 1.54) is 29.8 Å². The molecule has 1 spiro atoms. The van der Waals surface area contributed by atoms with Gasteiger partial charge in [-0.3, -0.25) is 58.5 Å². The number of esters is 7. The van der Waals surface area contributed by atoms with Crippen LogP contribution in [0.5, 0.6) is 23.0 Å². The first-order valence-corrected chi connectivity index (χ1v) is 35.4. The Hall–Kier alpha value is -10.3. The van der Waals surface area contributed by atoms with Crippen molar-refractivity contribution in [1.82, 2.24) is 4.72 Å². The molecule has 0 amide bonds. The first-order valence-electron chi connectivity index (χ1n) is 34.5. The molecular weight excluding hydrogens is 1360 g/mol. The number of nitrogens with zero attached hydrogens (tertiary/aromatic N) is 6. The minimum absolute atomic E-state index is 0.0822. The summed E-state index contributed by atoms with van der Waals surface area (Å²) in [6.45, 7) is 1.76. The van der Waals surface area contributed by atoms with Crippen molar-refractivity contribution < 1.29 is 81.7 Å². The quantitative estimate of drug-likeness (QED) is 0.00956. The summed E-state index contributed by atoms with van der Waals surface area (Å²) in [5, 5.41) is 20.7. The van der Waals surface area contributed by atoms with E-state index >= 15 is 0 Å². The number of aliphatic imine (C=N–C) groups is 6. The maximum Gasteiger partial charge on any atom is 0.342 e. The first kappa shape index (κ1) is 81.6. The second-order valence-electron chi connectivity index (χ2n) is 24.6. The average Bonchev–Trinajstić information content (AvgIpc) is 1.59. The molecule has 0 bridgehead atoms. The van der Waals surface area contributed by atoms with E-state index in [9.17, 15) is 43.8 Å². The van der Waals surface area contributed by atoms with Crippen LogP contribution in [0, 0.1) is 0 Å². The Bertz CT molecular complexity index is 3370. The van der Waals surface area contributed by atoms with Crippen LogP contribution in [-0.2, 0) is 67.5 Å². The molecule has 2 heterocycles. The van der Waals surface area contributed by atoms with Crippen molar-refractivity contribution in [2.45, 2.75) is 196 Å². The Morgan fingerprint density at radius 1 is 0.427 bits per heavy atom. The van der Waals surface area contributed by atoms with Gasteiger partial charge in [0.1, 0.15) is 23.0 Å². The number of unbranched alkanes of at least 4 members (excludes halogenated alkanes) is 12. The molecule has 35 heteroatoms. The molecule has 564 valence electrons. The van der Waals surface area contributed by atoms with Crippen LogP contribution in [0.15, 0.2) is 84.6 Å². The number of ether oxygens (including phenoxy) is 8. The fraction of sp³-hybridized carbons (Fsp3) is 0.544. The van der Waals surface area contributed by atoms with E-state index in [1.807, 2.05) is 0 Å². The van der Waals surface area contributed by atoms with Gasteiger partial charge in [-0.2, -0.15) is 0 Å². The van der Waals surface area contributed by atoms with Gasteiger partial charge in [0.15, 0.2) is 72.0 Å². The second-order valence-corrected chi connectivity index (χ2v) is 25.3. The summed E-state index contributed by atoms with van der Waals surface area (Å²) in [5.41, 5.74) is 57.1. The molecule has 1 saturated carbocycles. The van der Waals surface area contributed by atoms with Crippen LogP contribution in [0.1, 0.15) is 181 Å². The first-order chi connectivity index (χ1) is 49.5. The summed E-state index contributed by atoms with van der Waals surface area (Å²) in [6.07, 6.45) is -5.65. The largest absolute Gasteiger partial charge is 0.508 e. The van der Waals surface area contributed by atoms with E-state index < -0.39 is 84.0 Å². The Labute approximate surface area is 601 Å².